The summed E-state index contributed by atoms with van der Waals surface area (Å²) in [5.41, 5.74) is 10.5. The molecule has 1 aliphatic carbocycles. The minimum absolute atomic E-state index is 0.344. The van der Waals surface area contributed by atoms with Crippen LogP contribution in [0.3, 0.4) is 0 Å². The summed E-state index contributed by atoms with van der Waals surface area (Å²) in [6.45, 7) is 0.667. The molecule has 0 fully saturated rings. The Labute approximate surface area is 158 Å². The Bertz CT molecular complexity index is 1030. The van der Waals surface area contributed by atoms with Crippen molar-refractivity contribution < 1.29 is 4.79 Å². The number of allylic oxidation sites excluding steroid dienone is 3. The second-order valence-corrected chi connectivity index (χ2v) is 6.74. The van der Waals surface area contributed by atoms with E-state index in [0.717, 1.165) is 46.1 Å². The molecule has 1 aliphatic rings. The molecule has 5 nitrogen and oxygen atoms in total. The summed E-state index contributed by atoms with van der Waals surface area (Å²) in [6.07, 6.45) is 8.00. The predicted molar refractivity (Wildman–Crippen MR) is 107 cm³/mol. The number of H-pyrrole nitrogens is 1. The highest BCUT2D eigenvalue weighted by Crippen LogP contribution is 2.33. The predicted octanol–water partition coefficient (Wildman–Crippen LogP) is 3.66. The van der Waals surface area contributed by atoms with Gasteiger partial charge in [-0.1, -0.05) is 42.5 Å². The first-order chi connectivity index (χ1) is 13.2. The minimum Gasteiger partial charge on any atom is -0.383 e. The van der Waals surface area contributed by atoms with E-state index in [9.17, 15) is 4.79 Å². The van der Waals surface area contributed by atoms with Gasteiger partial charge in [-0.2, -0.15) is 0 Å². The molecule has 4 N–H and O–H groups in total. The maximum absolute atomic E-state index is 12.2. The third-order valence-electron chi connectivity index (χ3n) is 4.95. The molecule has 0 spiro atoms. The Morgan fingerprint density at radius 2 is 2.00 bits per heavy atom. The van der Waals surface area contributed by atoms with Crippen LogP contribution in [-0.2, 0) is 11.3 Å². The average molecular weight is 358 g/mol. The highest BCUT2D eigenvalue weighted by atomic mass is 16.1. The van der Waals surface area contributed by atoms with E-state index in [2.05, 4.69) is 45.6 Å². The van der Waals surface area contributed by atoms with Gasteiger partial charge in [0.25, 0.3) is 0 Å². The van der Waals surface area contributed by atoms with Crippen LogP contribution in [0.15, 0.2) is 72.3 Å². The summed E-state index contributed by atoms with van der Waals surface area (Å²) >= 11 is 0. The number of nitrogens with zero attached hydrogens (tertiary/aromatic N) is 1. The lowest BCUT2D eigenvalue weighted by atomic mass is 9.93. The van der Waals surface area contributed by atoms with Crippen molar-refractivity contribution in [3.8, 4) is 0 Å². The van der Waals surface area contributed by atoms with Gasteiger partial charge in [-0.15, -0.1) is 0 Å². The lowest BCUT2D eigenvalue weighted by Crippen LogP contribution is -2.15. The highest BCUT2D eigenvalue weighted by Gasteiger charge is 2.18. The van der Waals surface area contributed by atoms with Crippen LogP contribution in [0.2, 0.25) is 0 Å². The van der Waals surface area contributed by atoms with Crippen LogP contribution in [0.1, 0.15) is 30.5 Å². The van der Waals surface area contributed by atoms with Crippen LogP contribution in [0.4, 0.5) is 0 Å². The van der Waals surface area contributed by atoms with Crippen LogP contribution >= 0.6 is 0 Å². The average Bonchev–Trinajstić information content (AvgIpc) is 3.11. The molecule has 0 saturated heterocycles. The topological polar surface area (TPSA) is 83.8 Å². The molecular weight excluding hydrogens is 336 g/mol. The number of aromatic amines is 1. The van der Waals surface area contributed by atoms with Crippen molar-refractivity contribution in [3.63, 3.8) is 0 Å². The van der Waals surface area contributed by atoms with Gasteiger partial charge in [-0.25, -0.2) is 4.98 Å². The SMILES string of the molecule is NC(=O)C1=C(c2cccc3ccccc23)C=C(NCc2cnc[nH]2)CCC1. The van der Waals surface area contributed by atoms with Gasteiger partial charge in [0.1, 0.15) is 0 Å². The number of imidazole rings is 1. The number of aromatic nitrogens is 2. The molecule has 1 heterocycles. The Kier molecular flexibility index (Phi) is 4.75. The van der Waals surface area contributed by atoms with Crippen molar-refractivity contribution in [1.82, 2.24) is 15.3 Å². The van der Waals surface area contributed by atoms with Crippen LogP contribution in [0.25, 0.3) is 16.3 Å². The Morgan fingerprint density at radius 3 is 2.81 bits per heavy atom. The highest BCUT2D eigenvalue weighted by molar-refractivity contribution is 6.06. The molecule has 2 aromatic carbocycles. The molecule has 27 heavy (non-hydrogen) atoms. The number of primary amides is 1. The van der Waals surface area contributed by atoms with E-state index in [0.29, 0.717) is 18.5 Å². The molecule has 0 aliphatic heterocycles. The van der Waals surface area contributed by atoms with Crippen LogP contribution < -0.4 is 11.1 Å². The van der Waals surface area contributed by atoms with Crippen LogP contribution in [-0.4, -0.2) is 15.9 Å². The normalized spacial score (nSPS) is 14.7. The number of rotatable bonds is 5. The number of hydrogen-bond acceptors (Lipinski definition) is 3. The fourth-order valence-electron chi connectivity index (χ4n) is 3.61. The Hall–Kier alpha value is -3.34. The van der Waals surface area contributed by atoms with Crippen molar-refractivity contribution in [1.29, 1.82) is 0 Å². The molecule has 0 atom stereocenters. The van der Waals surface area contributed by atoms with Gasteiger partial charge in [-0.3, -0.25) is 4.79 Å². The molecular formula is C22H22N4O. The van der Waals surface area contributed by atoms with E-state index in [4.69, 9.17) is 5.73 Å². The van der Waals surface area contributed by atoms with E-state index >= 15 is 0 Å². The number of benzene rings is 2. The molecule has 1 amide bonds. The standard InChI is InChI=1S/C22H22N4O/c23-22(27)20-10-4-7-16(25-13-17-12-24-14-26-17)11-21(20)19-9-3-6-15-5-1-2-8-18(15)19/h1-3,5-6,8-9,11-12,14,25H,4,7,10,13H2,(H2,23,27)(H,24,26). The molecule has 4 rings (SSSR count). The van der Waals surface area contributed by atoms with E-state index < -0.39 is 0 Å². The van der Waals surface area contributed by atoms with Gasteiger partial charge < -0.3 is 16.0 Å². The van der Waals surface area contributed by atoms with Gasteiger partial charge in [0.05, 0.1) is 18.6 Å². The molecule has 0 bridgehead atoms. The zero-order valence-electron chi connectivity index (χ0n) is 15.0. The molecule has 1 aromatic heterocycles. The lowest BCUT2D eigenvalue weighted by Gasteiger charge is -2.13. The maximum Gasteiger partial charge on any atom is 0.245 e. The summed E-state index contributed by atoms with van der Waals surface area (Å²) < 4.78 is 0. The maximum atomic E-state index is 12.2. The number of fused-ring (bicyclic) bond motifs is 1. The zero-order valence-corrected chi connectivity index (χ0v) is 15.0. The summed E-state index contributed by atoms with van der Waals surface area (Å²) in [5, 5.41) is 5.75. The van der Waals surface area contributed by atoms with Gasteiger partial charge in [-0.05, 0) is 47.2 Å². The van der Waals surface area contributed by atoms with Crippen molar-refractivity contribution in [2.24, 2.45) is 5.73 Å². The Balaban J connectivity index is 1.78. The monoisotopic (exact) mass is 358 g/mol. The number of nitrogens with two attached hydrogens (primary N) is 1. The van der Waals surface area contributed by atoms with Gasteiger partial charge in [0, 0.05) is 17.5 Å². The van der Waals surface area contributed by atoms with E-state index in [1.165, 1.54) is 0 Å². The Morgan fingerprint density at radius 1 is 1.15 bits per heavy atom. The molecule has 3 aromatic rings. The second kappa shape index (κ2) is 7.50. The van der Waals surface area contributed by atoms with Crippen molar-refractivity contribution in [2.45, 2.75) is 25.8 Å². The van der Waals surface area contributed by atoms with Crippen LogP contribution in [0, 0.1) is 0 Å². The fourth-order valence-corrected chi connectivity index (χ4v) is 3.61. The fraction of sp³-hybridized carbons (Fsp3) is 0.182. The third kappa shape index (κ3) is 3.62. The third-order valence-corrected chi connectivity index (χ3v) is 4.95. The molecule has 0 radical (unpaired) electrons. The summed E-state index contributed by atoms with van der Waals surface area (Å²) in [7, 11) is 0. The number of nitrogens with one attached hydrogen (secondary N) is 2. The quantitative estimate of drug-likeness (QED) is 0.651. The first-order valence-corrected chi connectivity index (χ1v) is 9.15. The smallest absolute Gasteiger partial charge is 0.245 e. The molecule has 5 heteroatoms. The van der Waals surface area contributed by atoms with Gasteiger partial charge >= 0.3 is 0 Å². The number of carbonyl (C=O) groups is 1. The second-order valence-electron chi connectivity index (χ2n) is 6.74. The van der Waals surface area contributed by atoms with Crippen molar-refractivity contribution in [2.75, 3.05) is 0 Å². The first-order valence-electron chi connectivity index (χ1n) is 9.15. The minimum atomic E-state index is -0.344. The number of amides is 1. The zero-order chi connectivity index (χ0) is 18.6. The van der Waals surface area contributed by atoms with Crippen LogP contribution in [0.5, 0.6) is 0 Å². The van der Waals surface area contributed by atoms with Crippen molar-refractivity contribution in [3.05, 3.63) is 83.6 Å². The van der Waals surface area contributed by atoms with E-state index in [1.54, 1.807) is 12.5 Å². The number of carbonyl (C=O) groups excluding carboxylic acids is 1. The largest absolute Gasteiger partial charge is 0.383 e. The number of hydrogen-bond donors (Lipinski definition) is 3. The van der Waals surface area contributed by atoms with Crippen molar-refractivity contribution >= 4 is 22.3 Å². The summed E-state index contributed by atoms with van der Waals surface area (Å²) in [4.78, 5) is 19.3. The summed E-state index contributed by atoms with van der Waals surface area (Å²) in [5.74, 6) is -0.344. The molecule has 0 saturated carbocycles. The lowest BCUT2D eigenvalue weighted by molar-refractivity contribution is -0.114. The first kappa shape index (κ1) is 17.1. The van der Waals surface area contributed by atoms with E-state index in [-0.39, 0.29) is 5.91 Å². The summed E-state index contributed by atoms with van der Waals surface area (Å²) in [6, 6.07) is 14.4. The van der Waals surface area contributed by atoms with E-state index in [1.807, 2.05) is 18.2 Å². The van der Waals surface area contributed by atoms with Gasteiger partial charge in [0.15, 0.2) is 0 Å². The molecule has 136 valence electrons. The molecule has 0 unspecified atom stereocenters. The van der Waals surface area contributed by atoms with Gasteiger partial charge in [0.2, 0.25) is 5.91 Å².